The fourth-order valence-corrected chi connectivity index (χ4v) is 4.81. The Kier molecular flexibility index (Phi) is 5.64. The number of rotatable bonds is 5. The molecule has 0 radical (unpaired) electrons. The van der Waals surface area contributed by atoms with Gasteiger partial charge in [-0.3, -0.25) is 0 Å². The van der Waals surface area contributed by atoms with Crippen molar-refractivity contribution in [1.29, 1.82) is 0 Å². The molecule has 0 aromatic heterocycles. The van der Waals surface area contributed by atoms with E-state index in [0.717, 1.165) is 12.1 Å². The number of nitrogens with zero attached hydrogens (tertiary/aromatic N) is 1. The third kappa shape index (κ3) is 3.76. The maximum atomic E-state index is 14.6. The summed E-state index contributed by atoms with van der Waals surface area (Å²) in [4.78, 5) is -0.511. The van der Waals surface area contributed by atoms with Crippen molar-refractivity contribution in [2.24, 2.45) is 0 Å². The summed E-state index contributed by atoms with van der Waals surface area (Å²) in [6.07, 6.45) is 0. The minimum atomic E-state index is -4.20. The van der Waals surface area contributed by atoms with Gasteiger partial charge in [0, 0.05) is 31.8 Å². The topological polar surface area (TPSA) is 67.9 Å². The molecule has 1 heterocycles. The van der Waals surface area contributed by atoms with E-state index in [0.29, 0.717) is 12.1 Å². The number of sulfonamides is 1. The molecule has 1 aliphatic rings. The van der Waals surface area contributed by atoms with Crippen LogP contribution < -0.4 is 14.8 Å². The molecule has 1 saturated heterocycles. The summed E-state index contributed by atoms with van der Waals surface area (Å²) in [6.45, 7) is 0.814. The highest BCUT2D eigenvalue weighted by Gasteiger charge is 2.36. The van der Waals surface area contributed by atoms with Crippen LogP contribution in [0, 0.1) is 11.6 Å². The van der Waals surface area contributed by atoms with Gasteiger partial charge in [-0.15, -0.1) is 0 Å². The number of methoxy groups -OCH3 is 2. The molecule has 0 bridgehead atoms. The summed E-state index contributed by atoms with van der Waals surface area (Å²) >= 11 is 0. The first-order valence-electron chi connectivity index (χ1n) is 8.28. The highest BCUT2D eigenvalue weighted by atomic mass is 32.2. The largest absolute Gasteiger partial charge is 0.493 e. The first-order chi connectivity index (χ1) is 12.9. The molecule has 1 fully saturated rings. The van der Waals surface area contributed by atoms with E-state index in [-0.39, 0.29) is 24.6 Å². The van der Waals surface area contributed by atoms with Gasteiger partial charge in [-0.2, -0.15) is 4.31 Å². The van der Waals surface area contributed by atoms with E-state index in [4.69, 9.17) is 9.47 Å². The number of hydrogen-bond acceptors (Lipinski definition) is 5. The van der Waals surface area contributed by atoms with Crippen LogP contribution in [0.1, 0.15) is 11.6 Å². The molecule has 146 valence electrons. The predicted octanol–water partition coefficient (Wildman–Crippen LogP) is 2.32. The first-order valence-corrected chi connectivity index (χ1v) is 9.72. The van der Waals surface area contributed by atoms with Crippen LogP contribution in [0.25, 0.3) is 0 Å². The van der Waals surface area contributed by atoms with Crippen molar-refractivity contribution in [3.05, 3.63) is 53.6 Å². The van der Waals surface area contributed by atoms with E-state index in [1.807, 2.05) is 0 Å². The highest BCUT2D eigenvalue weighted by Crippen LogP contribution is 2.36. The van der Waals surface area contributed by atoms with Crippen molar-refractivity contribution in [2.75, 3.05) is 33.9 Å². The van der Waals surface area contributed by atoms with Crippen molar-refractivity contribution < 1.29 is 26.7 Å². The summed E-state index contributed by atoms with van der Waals surface area (Å²) < 4.78 is 65.9. The van der Waals surface area contributed by atoms with E-state index in [1.54, 1.807) is 6.07 Å². The molecule has 3 rings (SSSR count). The van der Waals surface area contributed by atoms with Crippen molar-refractivity contribution in [1.82, 2.24) is 9.62 Å². The number of nitrogens with one attached hydrogen (secondary N) is 1. The second-order valence-electron chi connectivity index (χ2n) is 6.03. The van der Waals surface area contributed by atoms with E-state index < -0.39 is 32.6 Å². The van der Waals surface area contributed by atoms with Crippen molar-refractivity contribution in [2.45, 2.75) is 10.9 Å². The summed E-state index contributed by atoms with van der Waals surface area (Å²) in [5.41, 5.74) is 0.492. The van der Waals surface area contributed by atoms with Crippen molar-refractivity contribution in [3.63, 3.8) is 0 Å². The van der Waals surface area contributed by atoms with Crippen LogP contribution in [0.4, 0.5) is 8.78 Å². The van der Waals surface area contributed by atoms with Gasteiger partial charge in [0.1, 0.15) is 16.5 Å². The van der Waals surface area contributed by atoms with Gasteiger partial charge in [0.25, 0.3) is 0 Å². The maximum absolute atomic E-state index is 14.6. The molecule has 27 heavy (non-hydrogen) atoms. The summed E-state index contributed by atoms with van der Waals surface area (Å²) in [6, 6.07) is 7.15. The molecule has 6 nitrogen and oxygen atoms in total. The Morgan fingerprint density at radius 1 is 1.11 bits per heavy atom. The number of benzene rings is 2. The standard InChI is InChI=1S/C18H20F2N2O4S/c1-25-16-9-14(20)18(10-17(16)26-2)27(23,24)22-7-6-21-11-15(22)12-4-3-5-13(19)8-12/h3-5,8-10,15,21H,6-7,11H2,1-2H3. The Labute approximate surface area is 156 Å². The van der Waals surface area contributed by atoms with Gasteiger partial charge in [0.2, 0.25) is 10.0 Å². The molecule has 0 amide bonds. The van der Waals surface area contributed by atoms with E-state index in [9.17, 15) is 17.2 Å². The molecule has 1 atom stereocenters. The van der Waals surface area contributed by atoms with Crippen molar-refractivity contribution in [3.8, 4) is 11.5 Å². The molecule has 0 aliphatic carbocycles. The molecule has 1 aliphatic heterocycles. The lowest BCUT2D eigenvalue weighted by molar-refractivity contribution is 0.269. The molecule has 1 unspecified atom stereocenters. The van der Waals surface area contributed by atoms with E-state index in [1.165, 1.54) is 36.7 Å². The lowest BCUT2D eigenvalue weighted by Gasteiger charge is -2.35. The lowest BCUT2D eigenvalue weighted by atomic mass is 10.1. The second kappa shape index (κ2) is 7.79. The van der Waals surface area contributed by atoms with Gasteiger partial charge in [-0.25, -0.2) is 17.2 Å². The molecule has 2 aromatic rings. The molecule has 0 saturated carbocycles. The predicted molar refractivity (Wildman–Crippen MR) is 95.4 cm³/mol. The second-order valence-corrected chi connectivity index (χ2v) is 7.89. The fourth-order valence-electron chi connectivity index (χ4n) is 3.13. The SMILES string of the molecule is COc1cc(F)c(S(=O)(=O)N2CCNCC2c2cccc(F)c2)cc1OC. The maximum Gasteiger partial charge on any atom is 0.246 e. The third-order valence-corrected chi connectivity index (χ3v) is 6.38. The number of piperazine rings is 1. The van der Waals surface area contributed by atoms with Crippen LogP contribution in [0.15, 0.2) is 41.3 Å². The van der Waals surface area contributed by atoms with Gasteiger partial charge in [-0.05, 0) is 17.7 Å². The Bertz CT molecular complexity index is 937. The summed E-state index contributed by atoms with van der Waals surface area (Å²) in [7, 11) is -1.53. The molecular formula is C18H20F2N2O4S. The zero-order chi connectivity index (χ0) is 19.6. The number of ether oxygens (including phenoxy) is 2. The molecule has 1 N–H and O–H groups in total. The number of hydrogen-bond donors (Lipinski definition) is 1. The van der Waals surface area contributed by atoms with Gasteiger partial charge in [0.05, 0.1) is 20.3 Å². The molecule has 0 spiro atoms. The van der Waals surface area contributed by atoms with Crippen LogP contribution in [0.2, 0.25) is 0 Å². The quantitative estimate of drug-likeness (QED) is 0.837. The minimum Gasteiger partial charge on any atom is -0.493 e. The van der Waals surface area contributed by atoms with Crippen LogP contribution in [-0.2, 0) is 10.0 Å². The monoisotopic (exact) mass is 398 g/mol. The van der Waals surface area contributed by atoms with Crippen LogP contribution in [0.3, 0.4) is 0 Å². The molecule has 9 heteroatoms. The molecular weight excluding hydrogens is 378 g/mol. The average Bonchev–Trinajstić information content (AvgIpc) is 2.67. The van der Waals surface area contributed by atoms with Crippen LogP contribution >= 0.6 is 0 Å². The van der Waals surface area contributed by atoms with Gasteiger partial charge >= 0.3 is 0 Å². The summed E-state index contributed by atoms with van der Waals surface area (Å²) in [5.74, 6) is -1.21. The zero-order valence-electron chi connectivity index (χ0n) is 14.9. The fraction of sp³-hybridized carbons (Fsp3) is 0.333. The van der Waals surface area contributed by atoms with Crippen LogP contribution in [0.5, 0.6) is 11.5 Å². The van der Waals surface area contributed by atoms with Crippen LogP contribution in [-0.4, -0.2) is 46.6 Å². The highest BCUT2D eigenvalue weighted by molar-refractivity contribution is 7.89. The lowest BCUT2D eigenvalue weighted by Crippen LogP contribution is -2.48. The van der Waals surface area contributed by atoms with Gasteiger partial charge < -0.3 is 14.8 Å². The first kappa shape index (κ1) is 19.5. The van der Waals surface area contributed by atoms with Gasteiger partial charge in [-0.1, -0.05) is 12.1 Å². The number of halogens is 2. The third-order valence-electron chi connectivity index (χ3n) is 4.45. The van der Waals surface area contributed by atoms with Crippen molar-refractivity contribution >= 4 is 10.0 Å². The Morgan fingerprint density at radius 3 is 2.48 bits per heavy atom. The Balaban J connectivity index is 2.07. The smallest absolute Gasteiger partial charge is 0.246 e. The summed E-state index contributed by atoms with van der Waals surface area (Å²) in [5, 5.41) is 3.09. The normalized spacial score (nSPS) is 18.3. The van der Waals surface area contributed by atoms with E-state index in [2.05, 4.69) is 5.32 Å². The minimum absolute atomic E-state index is 0.0935. The Morgan fingerprint density at radius 2 is 1.81 bits per heavy atom. The van der Waals surface area contributed by atoms with E-state index >= 15 is 0 Å². The van der Waals surface area contributed by atoms with Gasteiger partial charge in [0.15, 0.2) is 11.5 Å². The molecule has 2 aromatic carbocycles. The average molecular weight is 398 g/mol. The zero-order valence-corrected chi connectivity index (χ0v) is 15.7. The Hall–Kier alpha value is -2.23.